The Labute approximate surface area is 132 Å². The van der Waals surface area contributed by atoms with E-state index in [2.05, 4.69) is 47.6 Å². The van der Waals surface area contributed by atoms with Gasteiger partial charge >= 0.3 is 5.97 Å². The molecule has 0 aliphatic rings. The van der Waals surface area contributed by atoms with Gasteiger partial charge in [-0.2, -0.15) is 0 Å². The number of ether oxygens (including phenoxy) is 1. The molecule has 0 radical (unpaired) electrons. The van der Waals surface area contributed by atoms with Crippen LogP contribution in [0.15, 0.2) is 11.6 Å². The van der Waals surface area contributed by atoms with E-state index in [-0.39, 0.29) is 17.3 Å². The van der Waals surface area contributed by atoms with Crippen molar-refractivity contribution in [1.82, 2.24) is 0 Å². The van der Waals surface area contributed by atoms with Crippen LogP contribution in [0.5, 0.6) is 0 Å². The number of hydrogen-bond donors (Lipinski definition) is 0. The summed E-state index contributed by atoms with van der Waals surface area (Å²) in [4.78, 5) is 12.3. The van der Waals surface area contributed by atoms with Crippen LogP contribution in [0.2, 0.25) is 0 Å². The van der Waals surface area contributed by atoms with E-state index >= 15 is 0 Å². The van der Waals surface area contributed by atoms with Crippen molar-refractivity contribution in [3.63, 3.8) is 0 Å². The molecule has 1 atom stereocenters. The molecule has 0 aromatic rings. The lowest BCUT2D eigenvalue weighted by molar-refractivity contribution is -0.151. The number of carbonyl (C=O) groups is 1. The molecule has 0 aromatic carbocycles. The highest BCUT2D eigenvalue weighted by Crippen LogP contribution is 2.31. The number of unbranched alkanes of at least 4 members (excludes halogenated alkanes) is 1. The van der Waals surface area contributed by atoms with E-state index in [1.165, 1.54) is 5.57 Å². The summed E-state index contributed by atoms with van der Waals surface area (Å²) in [5, 5.41) is 0. The van der Waals surface area contributed by atoms with Crippen LogP contribution in [0.25, 0.3) is 0 Å². The zero-order chi connectivity index (χ0) is 16.3. The summed E-state index contributed by atoms with van der Waals surface area (Å²) in [5.74, 6) is 0.0763. The van der Waals surface area contributed by atoms with Gasteiger partial charge in [0.15, 0.2) is 0 Å². The smallest absolute Gasteiger partial charge is 0.308 e. The van der Waals surface area contributed by atoms with Gasteiger partial charge in [-0.3, -0.25) is 4.79 Å². The largest absolute Gasteiger partial charge is 0.465 e. The summed E-state index contributed by atoms with van der Waals surface area (Å²) in [6, 6.07) is 0. The van der Waals surface area contributed by atoms with Crippen molar-refractivity contribution in [2.45, 2.75) is 86.5 Å². The number of hydrogen-bond acceptors (Lipinski definition) is 2. The highest BCUT2D eigenvalue weighted by molar-refractivity contribution is 5.72. The van der Waals surface area contributed by atoms with Crippen molar-refractivity contribution in [3.05, 3.63) is 11.6 Å². The maximum atomic E-state index is 12.3. The molecule has 21 heavy (non-hydrogen) atoms. The molecule has 0 aliphatic heterocycles. The third kappa shape index (κ3) is 7.15. The molecule has 0 saturated heterocycles. The molecule has 0 fully saturated rings. The number of esters is 1. The van der Waals surface area contributed by atoms with Gasteiger partial charge in [-0.1, -0.05) is 59.1 Å². The van der Waals surface area contributed by atoms with Crippen molar-refractivity contribution in [2.24, 2.45) is 11.3 Å². The quantitative estimate of drug-likeness (QED) is 0.350. The van der Waals surface area contributed by atoms with E-state index in [0.29, 0.717) is 6.61 Å². The first-order valence-corrected chi connectivity index (χ1v) is 8.83. The number of carbonyl (C=O) groups excluding carboxylic acids is 1. The minimum absolute atomic E-state index is 0.000207. The topological polar surface area (TPSA) is 26.3 Å². The zero-order valence-electron chi connectivity index (χ0n) is 15.1. The van der Waals surface area contributed by atoms with E-state index in [0.717, 1.165) is 44.9 Å². The Hall–Kier alpha value is -0.790. The summed E-state index contributed by atoms with van der Waals surface area (Å²) in [6.45, 7) is 13.5. The Morgan fingerprint density at radius 3 is 2.19 bits per heavy atom. The lowest BCUT2D eigenvalue weighted by atomic mass is 9.81. The Morgan fingerprint density at radius 1 is 1.14 bits per heavy atom. The monoisotopic (exact) mass is 296 g/mol. The third-order valence-corrected chi connectivity index (χ3v) is 4.75. The first-order valence-electron chi connectivity index (χ1n) is 8.83. The second kappa shape index (κ2) is 10.9. The fourth-order valence-corrected chi connectivity index (χ4v) is 2.60. The van der Waals surface area contributed by atoms with Gasteiger partial charge in [0.1, 0.15) is 6.61 Å². The van der Waals surface area contributed by atoms with Crippen molar-refractivity contribution in [1.29, 1.82) is 0 Å². The van der Waals surface area contributed by atoms with Crippen LogP contribution in [0.3, 0.4) is 0 Å². The number of allylic oxidation sites excluding steroid dienone is 1. The van der Waals surface area contributed by atoms with Gasteiger partial charge in [0.2, 0.25) is 0 Å². The highest BCUT2D eigenvalue weighted by atomic mass is 16.5. The van der Waals surface area contributed by atoms with Crippen molar-refractivity contribution in [3.8, 4) is 0 Å². The fourth-order valence-electron chi connectivity index (χ4n) is 2.60. The van der Waals surface area contributed by atoms with Crippen molar-refractivity contribution in [2.75, 3.05) is 6.61 Å². The van der Waals surface area contributed by atoms with Crippen LogP contribution in [-0.2, 0) is 9.53 Å². The average molecular weight is 296 g/mol. The third-order valence-electron chi connectivity index (χ3n) is 4.75. The predicted molar refractivity (Wildman–Crippen MR) is 91.3 cm³/mol. The lowest BCUT2D eigenvalue weighted by Gasteiger charge is -2.29. The Morgan fingerprint density at radius 2 is 1.76 bits per heavy atom. The molecule has 0 heterocycles. The van der Waals surface area contributed by atoms with E-state index in [4.69, 9.17) is 4.74 Å². The summed E-state index contributed by atoms with van der Waals surface area (Å²) >= 11 is 0. The molecule has 0 N–H and O–H groups in total. The van der Waals surface area contributed by atoms with Gasteiger partial charge in [0, 0.05) is 5.41 Å². The second-order valence-electron chi connectivity index (χ2n) is 6.27. The molecule has 0 rings (SSSR count). The molecule has 0 aliphatic carbocycles. The summed E-state index contributed by atoms with van der Waals surface area (Å²) < 4.78 is 5.70. The Kier molecular flexibility index (Phi) is 10.5. The molecule has 0 spiro atoms. The minimum Gasteiger partial charge on any atom is -0.465 e. The van der Waals surface area contributed by atoms with Gasteiger partial charge in [0.05, 0.1) is 5.92 Å². The molecule has 124 valence electrons. The van der Waals surface area contributed by atoms with Crippen LogP contribution in [0.4, 0.5) is 0 Å². The molecule has 0 amide bonds. The van der Waals surface area contributed by atoms with E-state index in [9.17, 15) is 4.79 Å². The van der Waals surface area contributed by atoms with Crippen LogP contribution in [0.1, 0.15) is 86.5 Å². The second-order valence-corrected chi connectivity index (χ2v) is 6.27. The summed E-state index contributed by atoms with van der Waals surface area (Å²) in [6.07, 6.45) is 9.50. The van der Waals surface area contributed by atoms with Crippen LogP contribution >= 0.6 is 0 Å². The van der Waals surface area contributed by atoms with Gasteiger partial charge in [-0.05, 0) is 39.0 Å². The van der Waals surface area contributed by atoms with E-state index in [1.807, 2.05) is 0 Å². The molecule has 2 nitrogen and oxygen atoms in total. The summed E-state index contributed by atoms with van der Waals surface area (Å²) in [5.41, 5.74) is 1.39. The first-order chi connectivity index (χ1) is 9.98. The van der Waals surface area contributed by atoms with Gasteiger partial charge < -0.3 is 4.74 Å². The highest BCUT2D eigenvalue weighted by Gasteiger charge is 2.27. The number of rotatable bonds is 11. The maximum absolute atomic E-state index is 12.3. The van der Waals surface area contributed by atoms with Gasteiger partial charge in [-0.25, -0.2) is 0 Å². The molecule has 0 aromatic heterocycles. The van der Waals surface area contributed by atoms with Crippen molar-refractivity contribution < 1.29 is 9.53 Å². The molecule has 0 bridgehead atoms. The van der Waals surface area contributed by atoms with E-state index in [1.54, 1.807) is 0 Å². The van der Waals surface area contributed by atoms with E-state index < -0.39 is 0 Å². The maximum Gasteiger partial charge on any atom is 0.308 e. The van der Waals surface area contributed by atoms with Crippen molar-refractivity contribution >= 4 is 5.97 Å². The molecule has 0 saturated carbocycles. The minimum atomic E-state index is -0.000207. The van der Waals surface area contributed by atoms with Crippen LogP contribution < -0.4 is 0 Å². The van der Waals surface area contributed by atoms with Crippen LogP contribution in [0, 0.1) is 11.3 Å². The molecular formula is C19H36O2. The van der Waals surface area contributed by atoms with Crippen LogP contribution in [-0.4, -0.2) is 12.6 Å². The normalized spacial score (nSPS) is 14.1. The summed E-state index contributed by atoms with van der Waals surface area (Å²) in [7, 11) is 0. The lowest BCUT2D eigenvalue weighted by Crippen LogP contribution is -2.28. The molecule has 1 unspecified atom stereocenters. The standard InChI is InChI=1S/C19H36O2/c1-7-12-13-17(9-3)18(20)21-15-19(10-4,11-5)14-16(6)8-2/h14,17H,7-13,15H2,1-6H3. The first kappa shape index (κ1) is 20.2. The van der Waals surface area contributed by atoms with Gasteiger partial charge in [0.25, 0.3) is 0 Å². The zero-order valence-corrected chi connectivity index (χ0v) is 15.1. The predicted octanol–water partition coefficient (Wildman–Crippen LogP) is 5.91. The Bertz CT molecular complexity index is 314. The molecule has 2 heteroatoms. The average Bonchev–Trinajstić information content (AvgIpc) is 2.51. The van der Waals surface area contributed by atoms with Gasteiger partial charge in [-0.15, -0.1) is 0 Å². The fraction of sp³-hybridized carbons (Fsp3) is 0.842. The molecular weight excluding hydrogens is 260 g/mol. The Balaban J connectivity index is 4.71. The SMILES string of the molecule is CCCCC(CC)C(=O)OCC(C=C(C)CC)(CC)CC.